The average molecular weight is 271 g/mol. The molecule has 1 atom stereocenters. The van der Waals surface area contributed by atoms with Crippen LogP contribution in [0.2, 0.25) is 0 Å². The van der Waals surface area contributed by atoms with Crippen LogP contribution < -0.4 is 5.73 Å². The Balaban J connectivity index is 3.32. The molecule has 0 aliphatic rings. The molecule has 3 heteroatoms. The van der Waals surface area contributed by atoms with Crippen LogP contribution in [0.15, 0.2) is 0 Å². The molecule has 0 rings (SSSR count). The summed E-state index contributed by atoms with van der Waals surface area (Å²) >= 11 is 0. The van der Waals surface area contributed by atoms with E-state index in [-0.39, 0.29) is 5.97 Å². The van der Waals surface area contributed by atoms with E-state index in [2.05, 4.69) is 13.8 Å². The van der Waals surface area contributed by atoms with Gasteiger partial charge in [-0.05, 0) is 12.8 Å². The fraction of sp³-hybridized carbons (Fsp3) is 0.938. The minimum atomic E-state index is -0.419. The average Bonchev–Trinajstić information content (AvgIpc) is 2.41. The van der Waals surface area contributed by atoms with Gasteiger partial charge in [0.2, 0.25) is 0 Å². The molecule has 3 nitrogen and oxygen atoms in total. The van der Waals surface area contributed by atoms with Crippen LogP contribution in [0.5, 0.6) is 0 Å². The lowest BCUT2D eigenvalue weighted by Crippen LogP contribution is -2.32. The second-order valence-electron chi connectivity index (χ2n) is 5.39. The molecule has 114 valence electrons. The standard InChI is InChI=1S/C16H33NO2/c1-3-5-7-8-9-10-11-12-13-15(17)16(18)19-14-6-4-2/h15H,3-14,17H2,1-2H3. The first-order valence-electron chi connectivity index (χ1n) is 8.14. The number of hydrogen-bond donors (Lipinski definition) is 1. The molecule has 0 fully saturated rings. The van der Waals surface area contributed by atoms with E-state index in [9.17, 15) is 4.79 Å². The van der Waals surface area contributed by atoms with Crippen LogP contribution in [0.3, 0.4) is 0 Å². The molecule has 0 heterocycles. The van der Waals surface area contributed by atoms with Crippen molar-refractivity contribution in [1.29, 1.82) is 0 Å². The van der Waals surface area contributed by atoms with Gasteiger partial charge >= 0.3 is 5.97 Å². The van der Waals surface area contributed by atoms with Crippen LogP contribution in [0, 0.1) is 0 Å². The molecule has 0 aliphatic carbocycles. The summed E-state index contributed by atoms with van der Waals surface area (Å²) < 4.78 is 5.10. The summed E-state index contributed by atoms with van der Waals surface area (Å²) in [6.45, 7) is 4.83. The van der Waals surface area contributed by atoms with Gasteiger partial charge in [-0.3, -0.25) is 4.79 Å². The lowest BCUT2D eigenvalue weighted by atomic mass is 10.1. The van der Waals surface area contributed by atoms with Gasteiger partial charge in [-0.25, -0.2) is 0 Å². The summed E-state index contributed by atoms with van der Waals surface area (Å²) in [5, 5.41) is 0. The third-order valence-corrected chi connectivity index (χ3v) is 3.41. The number of esters is 1. The van der Waals surface area contributed by atoms with Crippen molar-refractivity contribution in [2.24, 2.45) is 5.73 Å². The van der Waals surface area contributed by atoms with Gasteiger partial charge in [-0.1, -0.05) is 71.6 Å². The number of carbonyl (C=O) groups excluding carboxylic acids is 1. The molecule has 2 N–H and O–H groups in total. The number of hydrogen-bond acceptors (Lipinski definition) is 3. The molecular weight excluding hydrogens is 238 g/mol. The van der Waals surface area contributed by atoms with Gasteiger partial charge in [-0.2, -0.15) is 0 Å². The summed E-state index contributed by atoms with van der Waals surface area (Å²) in [5.74, 6) is -0.226. The number of rotatable bonds is 13. The van der Waals surface area contributed by atoms with Crippen molar-refractivity contribution in [2.45, 2.75) is 90.5 Å². The molecule has 0 radical (unpaired) electrons. The van der Waals surface area contributed by atoms with Gasteiger partial charge < -0.3 is 10.5 Å². The van der Waals surface area contributed by atoms with Crippen molar-refractivity contribution in [3.05, 3.63) is 0 Å². The number of unbranched alkanes of at least 4 members (excludes halogenated alkanes) is 8. The van der Waals surface area contributed by atoms with Crippen LogP contribution in [0.25, 0.3) is 0 Å². The van der Waals surface area contributed by atoms with Gasteiger partial charge in [-0.15, -0.1) is 0 Å². The predicted molar refractivity (Wildman–Crippen MR) is 81.1 cm³/mol. The van der Waals surface area contributed by atoms with E-state index in [1.165, 1.54) is 44.9 Å². The quantitative estimate of drug-likeness (QED) is 0.404. The molecule has 0 aliphatic heterocycles. The van der Waals surface area contributed by atoms with Crippen LogP contribution in [-0.4, -0.2) is 18.6 Å². The molecular formula is C16H33NO2. The zero-order valence-electron chi connectivity index (χ0n) is 13.0. The predicted octanol–water partition coefficient (Wildman–Crippen LogP) is 4.19. The van der Waals surface area contributed by atoms with Crippen LogP contribution >= 0.6 is 0 Å². The Labute approximate surface area is 119 Å². The van der Waals surface area contributed by atoms with Crippen molar-refractivity contribution in [2.75, 3.05) is 6.61 Å². The van der Waals surface area contributed by atoms with Crippen LogP contribution in [-0.2, 0) is 9.53 Å². The maximum atomic E-state index is 11.5. The Morgan fingerprint density at radius 2 is 1.42 bits per heavy atom. The van der Waals surface area contributed by atoms with E-state index >= 15 is 0 Å². The molecule has 0 spiro atoms. The van der Waals surface area contributed by atoms with E-state index in [4.69, 9.17) is 10.5 Å². The minimum Gasteiger partial charge on any atom is -0.465 e. The molecule has 0 amide bonds. The van der Waals surface area contributed by atoms with E-state index in [0.717, 1.165) is 25.7 Å². The molecule has 0 aromatic rings. The highest BCUT2D eigenvalue weighted by molar-refractivity contribution is 5.75. The van der Waals surface area contributed by atoms with Crippen molar-refractivity contribution in [1.82, 2.24) is 0 Å². The molecule has 0 saturated carbocycles. The SMILES string of the molecule is CCCCCCCCCCC(N)C(=O)OCCCC. The lowest BCUT2D eigenvalue weighted by Gasteiger charge is -2.11. The first-order valence-corrected chi connectivity index (χ1v) is 8.14. The maximum absolute atomic E-state index is 11.5. The Bertz CT molecular complexity index is 207. The van der Waals surface area contributed by atoms with Crippen molar-refractivity contribution in [3.63, 3.8) is 0 Å². The van der Waals surface area contributed by atoms with E-state index < -0.39 is 6.04 Å². The zero-order valence-corrected chi connectivity index (χ0v) is 13.0. The molecule has 0 aromatic carbocycles. The van der Waals surface area contributed by atoms with Crippen molar-refractivity contribution in [3.8, 4) is 0 Å². The van der Waals surface area contributed by atoms with Gasteiger partial charge in [0.25, 0.3) is 0 Å². The summed E-state index contributed by atoms with van der Waals surface area (Å²) in [7, 11) is 0. The lowest BCUT2D eigenvalue weighted by molar-refractivity contribution is -0.145. The Morgan fingerprint density at radius 1 is 0.895 bits per heavy atom. The molecule has 0 bridgehead atoms. The highest BCUT2D eigenvalue weighted by atomic mass is 16.5. The molecule has 19 heavy (non-hydrogen) atoms. The van der Waals surface area contributed by atoms with Gasteiger partial charge in [0.15, 0.2) is 0 Å². The monoisotopic (exact) mass is 271 g/mol. The summed E-state index contributed by atoms with van der Waals surface area (Å²) in [5.41, 5.74) is 5.81. The number of ether oxygens (including phenoxy) is 1. The van der Waals surface area contributed by atoms with E-state index in [1.54, 1.807) is 0 Å². The van der Waals surface area contributed by atoms with E-state index in [0.29, 0.717) is 6.61 Å². The van der Waals surface area contributed by atoms with Crippen molar-refractivity contribution < 1.29 is 9.53 Å². The summed E-state index contributed by atoms with van der Waals surface area (Å²) in [4.78, 5) is 11.5. The molecule has 0 aromatic heterocycles. The Morgan fingerprint density at radius 3 is 2.00 bits per heavy atom. The highest BCUT2D eigenvalue weighted by Crippen LogP contribution is 2.10. The van der Waals surface area contributed by atoms with Gasteiger partial charge in [0, 0.05) is 0 Å². The van der Waals surface area contributed by atoms with E-state index in [1.807, 2.05) is 0 Å². The van der Waals surface area contributed by atoms with Gasteiger partial charge in [0.05, 0.1) is 6.61 Å². The molecule has 1 unspecified atom stereocenters. The normalized spacial score (nSPS) is 12.4. The first kappa shape index (κ1) is 18.4. The number of nitrogens with two attached hydrogens (primary N) is 1. The maximum Gasteiger partial charge on any atom is 0.322 e. The second-order valence-corrected chi connectivity index (χ2v) is 5.39. The largest absolute Gasteiger partial charge is 0.465 e. The van der Waals surface area contributed by atoms with Gasteiger partial charge in [0.1, 0.15) is 6.04 Å². The fourth-order valence-corrected chi connectivity index (χ4v) is 2.04. The summed E-state index contributed by atoms with van der Waals surface area (Å²) in [6.07, 6.45) is 12.9. The number of carbonyl (C=O) groups is 1. The third kappa shape index (κ3) is 12.2. The Hall–Kier alpha value is -0.570. The minimum absolute atomic E-state index is 0.226. The van der Waals surface area contributed by atoms with Crippen LogP contribution in [0.4, 0.5) is 0 Å². The third-order valence-electron chi connectivity index (χ3n) is 3.41. The second kappa shape index (κ2) is 13.9. The topological polar surface area (TPSA) is 52.3 Å². The Kier molecular flexibility index (Phi) is 13.4. The smallest absolute Gasteiger partial charge is 0.322 e. The fourth-order valence-electron chi connectivity index (χ4n) is 2.04. The highest BCUT2D eigenvalue weighted by Gasteiger charge is 2.13. The molecule has 0 saturated heterocycles. The van der Waals surface area contributed by atoms with Crippen molar-refractivity contribution >= 4 is 5.97 Å². The first-order chi connectivity index (χ1) is 9.22. The summed E-state index contributed by atoms with van der Waals surface area (Å²) in [6, 6.07) is -0.419. The zero-order chi connectivity index (χ0) is 14.3. The van der Waals surface area contributed by atoms with Crippen LogP contribution in [0.1, 0.15) is 84.5 Å².